The molecule has 0 aliphatic carbocycles. The van der Waals surface area contributed by atoms with E-state index in [4.69, 9.17) is 22.1 Å². The van der Waals surface area contributed by atoms with Gasteiger partial charge in [0.25, 0.3) is 0 Å². The number of rotatable bonds is 2. The maximum Gasteiger partial charge on any atom is 0.214 e. The summed E-state index contributed by atoms with van der Waals surface area (Å²) in [6, 6.07) is 0. The van der Waals surface area contributed by atoms with Gasteiger partial charge in [0.2, 0.25) is 4.77 Å². The standard InChI is InChI=1S/C7H12N4O2S/c12-5-6-8-9-7(14)11(6)10-1-3-13-4-2-10/h12H,1-5H2,(H,9,14). The maximum atomic E-state index is 9.05. The minimum atomic E-state index is -0.121. The zero-order chi connectivity index (χ0) is 9.97. The van der Waals surface area contributed by atoms with Crippen molar-refractivity contribution < 1.29 is 9.84 Å². The van der Waals surface area contributed by atoms with Crippen molar-refractivity contribution in [3.63, 3.8) is 0 Å². The molecule has 0 radical (unpaired) electrons. The minimum Gasteiger partial charge on any atom is -0.388 e. The molecular formula is C7H12N4O2S. The van der Waals surface area contributed by atoms with Crippen LogP contribution in [0.4, 0.5) is 0 Å². The molecule has 14 heavy (non-hydrogen) atoms. The molecule has 1 aliphatic heterocycles. The summed E-state index contributed by atoms with van der Waals surface area (Å²) in [6.45, 7) is 2.77. The molecule has 2 rings (SSSR count). The molecule has 1 saturated heterocycles. The van der Waals surface area contributed by atoms with Crippen molar-refractivity contribution in [3.8, 4) is 0 Å². The van der Waals surface area contributed by atoms with E-state index < -0.39 is 0 Å². The van der Waals surface area contributed by atoms with Gasteiger partial charge in [-0.1, -0.05) is 0 Å². The van der Waals surface area contributed by atoms with E-state index in [0.29, 0.717) is 23.8 Å². The van der Waals surface area contributed by atoms with Crippen LogP contribution in [0.3, 0.4) is 0 Å². The second kappa shape index (κ2) is 4.07. The molecule has 2 heterocycles. The van der Waals surface area contributed by atoms with E-state index in [1.54, 1.807) is 4.68 Å². The van der Waals surface area contributed by atoms with Crippen LogP contribution in [0.25, 0.3) is 0 Å². The lowest BCUT2D eigenvalue weighted by Crippen LogP contribution is -2.44. The maximum absolute atomic E-state index is 9.05. The van der Waals surface area contributed by atoms with E-state index in [-0.39, 0.29) is 6.61 Å². The molecule has 0 amide bonds. The van der Waals surface area contributed by atoms with Crippen molar-refractivity contribution in [2.24, 2.45) is 0 Å². The van der Waals surface area contributed by atoms with E-state index in [1.165, 1.54) is 0 Å². The van der Waals surface area contributed by atoms with Gasteiger partial charge in [0.05, 0.1) is 26.3 Å². The summed E-state index contributed by atoms with van der Waals surface area (Å²) in [5, 5.41) is 17.7. The van der Waals surface area contributed by atoms with Gasteiger partial charge in [-0.2, -0.15) is 5.10 Å². The van der Waals surface area contributed by atoms with Gasteiger partial charge in [0.15, 0.2) is 5.82 Å². The summed E-state index contributed by atoms with van der Waals surface area (Å²) in [7, 11) is 0. The number of hydrogen-bond donors (Lipinski definition) is 2. The summed E-state index contributed by atoms with van der Waals surface area (Å²) in [5.41, 5.74) is 0. The van der Waals surface area contributed by atoms with E-state index in [1.807, 2.05) is 5.01 Å². The largest absolute Gasteiger partial charge is 0.388 e. The predicted octanol–water partition coefficient (Wildman–Crippen LogP) is -0.599. The van der Waals surface area contributed by atoms with Crippen LogP contribution in [0.1, 0.15) is 5.82 Å². The van der Waals surface area contributed by atoms with Crippen LogP contribution in [0, 0.1) is 4.77 Å². The second-order valence-electron chi connectivity index (χ2n) is 2.98. The molecule has 0 atom stereocenters. The number of aromatic amines is 1. The van der Waals surface area contributed by atoms with Crippen molar-refractivity contribution in [1.82, 2.24) is 14.9 Å². The Kier molecular flexibility index (Phi) is 2.80. The number of H-pyrrole nitrogens is 1. The Morgan fingerprint density at radius 3 is 2.86 bits per heavy atom. The highest BCUT2D eigenvalue weighted by molar-refractivity contribution is 7.71. The fourth-order valence-corrected chi connectivity index (χ4v) is 1.74. The van der Waals surface area contributed by atoms with Crippen molar-refractivity contribution in [1.29, 1.82) is 0 Å². The Bertz CT molecular complexity index is 355. The summed E-state index contributed by atoms with van der Waals surface area (Å²) >= 11 is 5.07. The average Bonchev–Trinajstić information content (AvgIpc) is 2.61. The molecule has 6 nitrogen and oxygen atoms in total. The van der Waals surface area contributed by atoms with Gasteiger partial charge in [-0.25, -0.2) is 4.68 Å². The first-order valence-corrected chi connectivity index (χ1v) is 4.84. The zero-order valence-corrected chi connectivity index (χ0v) is 8.46. The van der Waals surface area contributed by atoms with Crippen molar-refractivity contribution in [2.75, 3.05) is 31.3 Å². The number of aromatic nitrogens is 3. The second-order valence-corrected chi connectivity index (χ2v) is 3.37. The summed E-state index contributed by atoms with van der Waals surface area (Å²) in [6.07, 6.45) is 0. The molecule has 0 unspecified atom stereocenters. The number of hydrogen-bond acceptors (Lipinski definition) is 5. The van der Waals surface area contributed by atoms with Crippen molar-refractivity contribution in [2.45, 2.75) is 6.61 Å². The van der Waals surface area contributed by atoms with Gasteiger partial charge in [-0.05, 0) is 12.2 Å². The van der Waals surface area contributed by atoms with Crippen LogP contribution in [0.2, 0.25) is 0 Å². The number of aliphatic hydroxyl groups excluding tert-OH is 1. The van der Waals surface area contributed by atoms with Crippen LogP contribution in [0.15, 0.2) is 0 Å². The van der Waals surface area contributed by atoms with Gasteiger partial charge in [0.1, 0.15) is 6.61 Å². The van der Waals surface area contributed by atoms with E-state index in [0.717, 1.165) is 13.1 Å². The first-order chi connectivity index (χ1) is 6.83. The number of morpholine rings is 1. The SMILES string of the molecule is OCc1n[nH]c(=S)n1N1CCOCC1. The average molecular weight is 216 g/mol. The summed E-state index contributed by atoms with van der Waals surface area (Å²) in [5.74, 6) is 0.539. The highest BCUT2D eigenvalue weighted by Gasteiger charge is 2.15. The molecule has 1 aliphatic rings. The monoisotopic (exact) mass is 216 g/mol. The van der Waals surface area contributed by atoms with Crippen LogP contribution in [0.5, 0.6) is 0 Å². The van der Waals surface area contributed by atoms with E-state index >= 15 is 0 Å². The highest BCUT2D eigenvalue weighted by atomic mass is 32.1. The highest BCUT2D eigenvalue weighted by Crippen LogP contribution is 2.02. The number of ether oxygens (including phenoxy) is 1. The van der Waals surface area contributed by atoms with E-state index in [9.17, 15) is 0 Å². The van der Waals surface area contributed by atoms with Crippen LogP contribution in [-0.4, -0.2) is 46.3 Å². The van der Waals surface area contributed by atoms with Gasteiger partial charge in [-0.3, -0.25) is 5.10 Å². The fourth-order valence-electron chi connectivity index (χ4n) is 1.47. The van der Waals surface area contributed by atoms with E-state index in [2.05, 4.69) is 10.2 Å². The van der Waals surface area contributed by atoms with Crippen molar-refractivity contribution >= 4 is 12.2 Å². The fraction of sp³-hybridized carbons (Fsp3) is 0.714. The Hall–Kier alpha value is -0.920. The lowest BCUT2D eigenvalue weighted by atomic mass is 10.5. The molecular weight excluding hydrogens is 204 g/mol. The Morgan fingerprint density at radius 2 is 2.21 bits per heavy atom. The first kappa shape index (κ1) is 9.63. The molecule has 2 N–H and O–H groups in total. The predicted molar refractivity (Wildman–Crippen MR) is 52.1 cm³/mol. The molecule has 0 bridgehead atoms. The van der Waals surface area contributed by atoms with Crippen LogP contribution < -0.4 is 5.01 Å². The lowest BCUT2D eigenvalue weighted by Gasteiger charge is -2.29. The third kappa shape index (κ3) is 1.66. The number of nitrogens with zero attached hydrogens (tertiary/aromatic N) is 3. The van der Waals surface area contributed by atoms with Crippen LogP contribution >= 0.6 is 12.2 Å². The molecule has 0 spiro atoms. The first-order valence-electron chi connectivity index (χ1n) is 4.43. The Labute approximate surface area is 86.1 Å². The molecule has 0 saturated carbocycles. The third-order valence-electron chi connectivity index (χ3n) is 2.13. The van der Waals surface area contributed by atoms with Crippen molar-refractivity contribution in [3.05, 3.63) is 10.6 Å². The Morgan fingerprint density at radius 1 is 1.50 bits per heavy atom. The minimum absolute atomic E-state index is 0.121. The molecule has 0 aromatic carbocycles. The van der Waals surface area contributed by atoms with Gasteiger partial charge < -0.3 is 14.9 Å². The quantitative estimate of drug-likeness (QED) is 0.646. The molecule has 7 heteroatoms. The van der Waals surface area contributed by atoms with Gasteiger partial charge >= 0.3 is 0 Å². The zero-order valence-electron chi connectivity index (χ0n) is 7.64. The molecule has 78 valence electrons. The Balaban J connectivity index is 2.28. The van der Waals surface area contributed by atoms with Gasteiger partial charge in [-0.15, -0.1) is 0 Å². The molecule has 1 aromatic rings. The van der Waals surface area contributed by atoms with Gasteiger partial charge in [0, 0.05) is 0 Å². The summed E-state index contributed by atoms with van der Waals surface area (Å²) < 4.78 is 7.47. The smallest absolute Gasteiger partial charge is 0.214 e. The van der Waals surface area contributed by atoms with Crippen LogP contribution in [-0.2, 0) is 11.3 Å². The lowest BCUT2D eigenvalue weighted by molar-refractivity contribution is 0.109. The normalized spacial score (nSPS) is 17.4. The number of aliphatic hydroxyl groups is 1. The summed E-state index contributed by atoms with van der Waals surface area (Å²) in [4.78, 5) is 0. The molecule has 1 fully saturated rings. The third-order valence-corrected chi connectivity index (χ3v) is 2.39. The topological polar surface area (TPSA) is 66.3 Å². The number of nitrogens with one attached hydrogen (secondary N) is 1. The molecule has 1 aromatic heterocycles.